The Kier molecular flexibility index (Phi) is 6.44. The van der Waals surface area contributed by atoms with Gasteiger partial charge in [-0.25, -0.2) is 0 Å². The number of ether oxygens (including phenoxy) is 1. The predicted octanol–water partition coefficient (Wildman–Crippen LogP) is 6.59. The summed E-state index contributed by atoms with van der Waals surface area (Å²) in [4.78, 5) is 0. The fourth-order valence-electron chi connectivity index (χ4n) is 3.62. The van der Waals surface area contributed by atoms with Crippen LogP contribution in [-0.2, 0) is 0 Å². The summed E-state index contributed by atoms with van der Waals surface area (Å²) in [6.45, 7) is 4.20. The monoisotopic (exact) mass is 434 g/mol. The average Bonchev–Trinajstić information content (AvgIpc) is 3.21. The Morgan fingerprint density at radius 3 is 2.50 bits per heavy atom. The summed E-state index contributed by atoms with van der Waals surface area (Å²) >= 11 is 5.40. The van der Waals surface area contributed by atoms with E-state index in [0.717, 1.165) is 11.6 Å². The van der Waals surface area contributed by atoms with Gasteiger partial charge in [-0.1, -0.05) is 61.9 Å². The minimum Gasteiger partial charge on any atom is -0.457 e. The number of para-hydroxylation sites is 1. The molecule has 0 saturated heterocycles. The van der Waals surface area contributed by atoms with Gasteiger partial charge in [0.1, 0.15) is 22.6 Å². The van der Waals surface area contributed by atoms with Gasteiger partial charge in [0, 0.05) is 6.54 Å². The number of nitriles is 1. The van der Waals surface area contributed by atoms with Crippen molar-refractivity contribution in [2.75, 3.05) is 6.54 Å². The molecule has 0 heterocycles. The third-order valence-electron chi connectivity index (χ3n) is 5.58. The Morgan fingerprint density at radius 1 is 1.20 bits per heavy atom. The van der Waals surface area contributed by atoms with Crippen LogP contribution in [0.5, 0.6) is 11.5 Å². The van der Waals surface area contributed by atoms with Crippen LogP contribution in [-0.4, -0.2) is 12.7 Å². The summed E-state index contributed by atoms with van der Waals surface area (Å²) in [5, 5.41) is 11.7. The van der Waals surface area contributed by atoms with Crippen LogP contribution in [0.4, 0.5) is 13.2 Å². The van der Waals surface area contributed by atoms with Crippen LogP contribution in [0.2, 0.25) is 0 Å². The second-order valence-corrected chi connectivity index (χ2v) is 8.33. The number of allylic oxidation sites excluding steroid dienone is 2. The molecule has 1 fully saturated rings. The van der Waals surface area contributed by atoms with E-state index in [2.05, 4.69) is 11.4 Å². The Bertz CT molecular complexity index is 951. The molecule has 3 unspecified atom stereocenters. The summed E-state index contributed by atoms with van der Waals surface area (Å²) < 4.78 is 44.0. The summed E-state index contributed by atoms with van der Waals surface area (Å²) in [5.74, 6) is 0.941. The van der Waals surface area contributed by atoms with E-state index in [1.165, 1.54) is 0 Å². The lowest BCUT2D eigenvalue weighted by Gasteiger charge is -2.14. The smallest absolute Gasteiger partial charge is 0.426 e. The third-order valence-corrected chi connectivity index (χ3v) is 5.92. The molecule has 1 aliphatic rings. The summed E-state index contributed by atoms with van der Waals surface area (Å²) in [5.41, 5.74) is 0.404. The van der Waals surface area contributed by atoms with Crippen molar-refractivity contribution < 1.29 is 17.9 Å². The minimum absolute atomic E-state index is 0.0480. The second-order valence-electron chi connectivity index (χ2n) is 7.92. The predicted molar refractivity (Wildman–Crippen MR) is 110 cm³/mol. The highest BCUT2D eigenvalue weighted by Gasteiger charge is 2.56. The van der Waals surface area contributed by atoms with Crippen molar-refractivity contribution in [1.82, 2.24) is 5.32 Å². The Morgan fingerprint density at radius 2 is 1.87 bits per heavy atom. The molecule has 2 aromatic carbocycles. The Balaban J connectivity index is 1.65. The third kappa shape index (κ3) is 5.16. The minimum atomic E-state index is -4.54. The van der Waals surface area contributed by atoms with E-state index >= 15 is 0 Å². The van der Waals surface area contributed by atoms with Crippen LogP contribution in [0.1, 0.15) is 25.5 Å². The van der Waals surface area contributed by atoms with Gasteiger partial charge in [-0.15, -0.1) is 0 Å². The molecule has 158 valence electrons. The number of rotatable bonds is 7. The van der Waals surface area contributed by atoms with E-state index in [4.69, 9.17) is 16.3 Å². The van der Waals surface area contributed by atoms with Gasteiger partial charge in [-0.2, -0.15) is 18.4 Å². The van der Waals surface area contributed by atoms with E-state index < -0.39 is 17.3 Å². The molecule has 1 N–H and O–H groups in total. The van der Waals surface area contributed by atoms with Gasteiger partial charge in [-0.05, 0) is 47.1 Å². The van der Waals surface area contributed by atoms with Gasteiger partial charge in [0.05, 0.1) is 6.07 Å². The lowest BCUT2D eigenvalue weighted by atomic mass is 10.1. The van der Waals surface area contributed by atoms with Gasteiger partial charge in [0.25, 0.3) is 0 Å². The van der Waals surface area contributed by atoms with E-state index in [-0.39, 0.29) is 17.3 Å². The maximum absolute atomic E-state index is 12.7. The van der Waals surface area contributed by atoms with Crippen molar-refractivity contribution in [2.24, 2.45) is 17.3 Å². The van der Waals surface area contributed by atoms with Gasteiger partial charge >= 0.3 is 6.18 Å². The largest absolute Gasteiger partial charge is 0.457 e. The molecular weight excluding hydrogens is 413 g/mol. The van der Waals surface area contributed by atoms with Gasteiger partial charge < -0.3 is 4.74 Å². The van der Waals surface area contributed by atoms with Crippen LogP contribution in [0.15, 0.2) is 65.7 Å². The molecule has 1 aliphatic carbocycles. The number of alkyl halides is 3. The van der Waals surface area contributed by atoms with Gasteiger partial charge in [0.2, 0.25) is 0 Å². The number of nitrogens with zero attached hydrogens (tertiary/aromatic N) is 1. The molecule has 1 saturated carbocycles. The highest BCUT2D eigenvalue weighted by atomic mass is 35.5. The maximum Gasteiger partial charge on any atom is 0.426 e. The van der Waals surface area contributed by atoms with E-state index in [1.807, 2.05) is 50.2 Å². The SMILES string of the molecule is CC1(C)C(C=C(Cl)C(F)(F)F)C1CNC(C#N)c1cccc(Oc2ccccc2)c1. The molecule has 30 heavy (non-hydrogen) atoms. The highest BCUT2D eigenvalue weighted by Crippen LogP contribution is 2.59. The standard InChI is InChI=1S/C23H22ClF3N2O/c1-22(2)18(12-21(24)23(25,26)27)19(22)14-29-20(13-28)15-7-6-10-17(11-15)30-16-8-4-3-5-9-16/h3-12,18-20,29H,14H2,1-2H3. The van der Waals surface area contributed by atoms with Crippen molar-refractivity contribution in [3.8, 4) is 17.6 Å². The van der Waals surface area contributed by atoms with Crippen molar-refractivity contribution in [3.63, 3.8) is 0 Å². The summed E-state index contributed by atoms with van der Waals surface area (Å²) in [7, 11) is 0. The van der Waals surface area contributed by atoms with Gasteiger partial charge in [0.15, 0.2) is 0 Å². The molecule has 0 spiro atoms. The molecule has 0 aromatic heterocycles. The first-order chi connectivity index (χ1) is 14.1. The molecule has 0 bridgehead atoms. The second kappa shape index (κ2) is 8.71. The fraction of sp³-hybridized carbons (Fsp3) is 0.348. The molecule has 0 amide bonds. The Hall–Kier alpha value is -2.49. The molecule has 0 radical (unpaired) electrons. The highest BCUT2D eigenvalue weighted by molar-refractivity contribution is 6.30. The number of halogens is 4. The molecule has 3 rings (SSSR count). The first-order valence-corrected chi connectivity index (χ1v) is 9.91. The lowest BCUT2D eigenvalue weighted by Crippen LogP contribution is -2.23. The molecule has 3 atom stereocenters. The summed E-state index contributed by atoms with van der Waals surface area (Å²) in [6, 6.07) is 18.1. The molecule has 2 aromatic rings. The zero-order chi connectivity index (χ0) is 21.9. The van der Waals surface area contributed by atoms with Crippen molar-refractivity contribution in [1.29, 1.82) is 5.26 Å². The summed E-state index contributed by atoms with van der Waals surface area (Å²) in [6.07, 6.45) is -3.45. The maximum atomic E-state index is 12.7. The van der Waals surface area contributed by atoms with Crippen LogP contribution < -0.4 is 10.1 Å². The van der Waals surface area contributed by atoms with Gasteiger partial charge in [-0.3, -0.25) is 5.32 Å². The first-order valence-electron chi connectivity index (χ1n) is 9.53. The van der Waals surface area contributed by atoms with Crippen LogP contribution in [0.25, 0.3) is 0 Å². The fourth-order valence-corrected chi connectivity index (χ4v) is 3.76. The lowest BCUT2D eigenvalue weighted by molar-refractivity contribution is -0.0848. The van der Waals surface area contributed by atoms with E-state index in [1.54, 1.807) is 18.2 Å². The molecule has 0 aliphatic heterocycles. The zero-order valence-electron chi connectivity index (χ0n) is 16.6. The van der Waals surface area contributed by atoms with Crippen LogP contribution in [0.3, 0.4) is 0 Å². The zero-order valence-corrected chi connectivity index (χ0v) is 17.3. The van der Waals surface area contributed by atoms with E-state index in [9.17, 15) is 18.4 Å². The van der Waals surface area contributed by atoms with Crippen LogP contribution >= 0.6 is 11.6 Å². The average molecular weight is 435 g/mol. The molecular formula is C23H22ClF3N2O. The van der Waals surface area contributed by atoms with E-state index in [0.29, 0.717) is 18.0 Å². The molecule has 7 heteroatoms. The first kappa shape index (κ1) is 22.2. The molecule has 3 nitrogen and oxygen atoms in total. The quantitative estimate of drug-likeness (QED) is 0.534. The van der Waals surface area contributed by atoms with Crippen molar-refractivity contribution in [3.05, 3.63) is 71.3 Å². The number of benzene rings is 2. The Labute approximate surface area is 179 Å². The van der Waals surface area contributed by atoms with Crippen LogP contribution in [0, 0.1) is 28.6 Å². The topological polar surface area (TPSA) is 45.0 Å². The normalized spacial score (nSPS) is 21.6. The number of nitrogens with one attached hydrogen (secondary N) is 1. The van der Waals surface area contributed by atoms with Crippen molar-refractivity contribution in [2.45, 2.75) is 26.1 Å². The number of hydrogen-bond acceptors (Lipinski definition) is 3. The van der Waals surface area contributed by atoms with Crippen molar-refractivity contribution >= 4 is 11.6 Å². The number of hydrogen-bond donors (Lipinski definition) is 1.